The molecule has 0 saturated carbocycles. The van der Waals surface area contributed by atoms with Gasteiger partial charge in [-0.05, 0) is 54.2 Å². The molecule has 0 spiro atoms. The average molecular weight is 485 g/mol. The molecule has 12 heteroatoms. The van der Waals surface area contributed by atoms with Crippen molar-refractivity contribution < 1.29 is 17.9 Å². The second-order valence-electron chi connectivity index (χ2n) is 6.46. The van der Waals surface area contributed by atoms with Crippen LogP contribution in [0.5, 0.6) is 5.75 Å². The Morgan fingerprint density at radius 1 is 1.03 bits per heavy atom. The predicted molar refractivity (Wildman–Crippen MR) is 130 cm³/mol. The first-order valence-corrected chi connectivity index (χ1v) is 10.0. The molecule has 0 fully saturated rings. The van der Waals surface area contributed by atoms with E-state index in [-0.39, 0.29) is 11.6 Å². The Morgan fingerprint density at radius 2 is 1.76 bits per heavy atom. The van der Waals surface area contributed by atoms with Gasteiger partial charge < -0.3 is 15.8 Å². The Hall–Kier alpha value is -4.32. The fourth-order valence-corrected chi connectivity index (χ4v) is 2.61. The van der Waals surface area contributed by atoms with E-state index in [9.17, 15) is 13.2 Å². The molecule has 0 atom stereocenters. The molecular formula is C22H18F3N7OS. The number of aliphatic imine (C=N–C) groups is 2. The summed E-state index contributed by atoms with van der Waals surface area (Å²) in [7, 11) is 0. The number of nitrogens with one attached hydrogen (secondary N) is 2. The van der Waals surface area contributed by atoms with Crippen molar-refractivity contribution >= 4 is 47.2 Å². The molecule has 34 heavy (non-hydrogen) atoms. The summed E-state index contributed by atoms with van der Waals surface area (Å²) in [5.74, 6) is 0.480. The third-order valence-electron chi connectivity index (χ3n) is 3.97. The van der Waals surface area contributed by atoms with Crippen LogP contribution in [0.25, 0.3) is 0 Å². The van der Waals surface area contributed by atoms with E-state index in [1.807, 2.05) is 6.07 Å². The second-order valence-corrected chi connectivity index (χ2v) is 6.87. The maximum Gasteiger partial charge on any atom is 0.573 e. The van der Waals surface area contributed by atoms with Crippen LogP contribution in [-0.2, 0) is 0 Å². The van der Waals surface area contributed by atoms with Crippen molar-refractivity contribution in [3.05, 3.63) is 84.1 Å². The average Bonchev–Trinajstić information content (AvgIpc) is 2.80. The summed E-state index contributed by atoms with van der Waals surface area (Å²) in [6.07, 6.45) is -0.308. The monoisotopic (exact) mass is 485 g/mol. The van der Waals surface area contributed by atoms with Crippen LogP contribution in [0.4, 0.5) is 24.7 Å². The fraction of sp³-hybridized carbons (Fsp3) is 0.0455. The first-order valence-electron chi connectivity index (χ1n) is 9.62. The van der Waals surface area contributed by atoms with Crippen molar-refractivity contribution in [3.8, 4) is 5.75 Å². The highest BCUT2D eigenvalue weighted by Gasteiger charge is 2.30. The predicted octanol–water partition coefficient (Wildman–Crippen LogP) is 4.37. The number of hydrazone groups is 1. The maximum absolute atomic E-state index is 12.2. The van der Waals surface area contributed by atoms with Gasteiger partial charge in [0, 0.05) is 11.8 Å². The van der Waals surface area contributed by atoms with Gasteiger partial charge in [-0.25, -0.2) is 15.0 Å². The number of anilines is 1. The van der Waals surface area contributed by atoms with E-state index in [1.54, 1.807) is 48.8 Å². The van der Waals surface area contributed by atoms with Crippen molar-refractivity contribution in [3.63, 3.8) is 0 Å². The van der Waals surface area contributed by atoms with Gasteiger partial charge in [-0.3, -0.25) is 5.43 Å². The number of alkyl halides is 3. The molecule has 0 aliphatic carbocycles. The highest BCUT2D eigenvalue weighted by molar-refractivity contribution is 7.80. The van der Waals surface area contributed by atoms with Gasteiger partial charge in [0.05, 0.1) is 11.9 Å². The zero-order valence-corrected chi connectivity index (χ0v) is 18.2. The van der Waals surface area contributed by atoms with Crippen LogP contribution in [0.1, 0.15) is 11.1 Å². The summed E-state index contributed by atoms with van der Waals surface area (Å²) >= 11 is 5.14. The number of nitrogens with zero attached hydrogens (tertiary/aromatic N) is 4. The molecule has 2 aromatic carbocycles. The zero-order valence-electron chi connectivity index (χ0n) is 17.4. The molecule has 1 aromatic heterocycles. The molecule has 0 aliphatic heterocycles. The van der Waals surface area contributed by atoms with Crippen LogP contribution in [0.15, 0.2) is 88.0 Å². The smallest absolute Gasteiger partial charge is 0.406 e. The number of amidine groups is 1. The van der Waals surface area contributed by atoms with E-state index < -0.39 is 6.36 Å². The number of hydrogen-bond donors (Lipinski definition) is 3. The zero-order chi connectivity index (χ0) is 24.4. The second kappa shape index (κ2) is 11.5. The minimum absolute atomic E-state index is 0.211. The lowest BCUT2D eigenvalue weighted by atomic mass is 10.1. The summed E-state index contributed by atoms with van der Waals surface area (Å²) in [6, 6.07) is 17.5. The first kappa shape index (κ1) is 24.3. The van der Waals surface area contributed by atoms with Gasteiger partial charge in [-0.15, -0.1) is 13.2 Å². The fourth-order valence-electron chi connectivity index (χ4n) is 2.45. The summed E-state index contributed by atoms with van der Waals surface area (Å²) in [6.45, 7) is 0. The number of hydrogen-bond acceptors (Lipinski definition) is 5. The number of ether oxygens (including phenoxy) is 1. The van der Waals surface area contributed by atoms with Gasteiger partial charge in [0.2, 0.25) is 0 Å². The van der Waals surface area contributed by atoms with Crippen LogP contribution in [0, 0.1) is 0 Å². The minimum atomic E-state index is -4.74. The molecule has 4 N–H and O–H groups in total. The van der Waals surface area contributed by atoms with Crippen molar-refractivity contribution in [2.75, 3.05) is 5.32 Å². The van der Waals surface area contributed by atoms with Gasteiger partial charge in [0.15, 0.2) is 5.11 Å². The Kier molecular flexibility index (Phi) is 8.24. The topological polar surface area (TPSA) is 109 Å². The maximum atomic E-state index is 12.2. The molecule has 0 unspecified atom stereocenters. The van der Waals surface area contributed by atoms with E-state index in [2.05, 4.69) is 35.5 Å². The van der Waals surface area contributed by atoms with E-state index in [0.717, 1.165) is 17.7 Å². The highest BCUT2D eigenvalue weighted by atomic mass is 32.1. The largest absolute Gasteiger partial charge is 0.573 e. The van der Waals surface area contributed by atoms with E-state index in [1.165, 1.54) is 18.5 Å². The number of nitrogens with two attached hydrogens (primary N) is 1. The van der Waals surface area contributed by atoms with Gasteiger partial charge >= 0.3 is 6.36 Å². The Bertz CT molecular complexity index is 1180. The molecule has 0 radical (unpaired) electrons. The van der Waals surface area contributed by atoms with Crippen molar-refractivity contribution in [1.29, 1.82) is 0 Å². The van der Waals surface area contributed by atoms with E-state index >= 15 is 0 Å². The van der Waals surface area contributed by atoms with Crippen LogP contribution >= 0.6 is 12.2 Å². The highest BCUT2D eigenvalue weighted by Crippen LogP contribution is 2.24. The normalized spacial score (nSPS) is 12.1. The molecular weight excluding hydrogens is 467 g/mol. The van der Waals surface area contributed by atoms with Crippen LogP contribution in [-0.4, -0.2) is 34.8 Å². The molecule has 3 aromatic rings. The lowest BCUT2D eigenvalue weighted by Crippen LogP contribution is -2.24. The van der Waals surface area contributed by atoms with Crippen LogP contribution in [0.3, 0.4) is 0 Å². The summed E-state index contributed by atoms with van der Waals surface area (Å²) in [4.78, 5) is 12.2. The molecule has 8 nitrogen and oxygen atoms in total. The van der Waals surface area contributed by atoms with Crippen molar-refractivity contribution in [1.82, 2.24) is 10.4 Å². The lowest BCUT2D eigenvalue weighted by Gasteiger charge is -2.08. The third-order valence-corrected chi connectivity index (χ3v) is 4.16. The Balaban J connectivity index is 1.51. The first-order chi connectivity index (χ1) is 16.3. The standard InChI is InChI=1S/C22H18F3N7OS/c23-22(24,25)33-18-10-8-17(9-11-18)28-14-29-20(26)16-6-4-15(5-7-16)13-30-32-21(34)31-19-3-1-2-12-27-19/h1-14H,(H2,26,28,29)(H2,27,31,32,34)/b30-13-. The van der Waals surface area contributed by atoms with Crippen molar-refractivity contribution in [2.24, 2.45) is 20.8 Å². The Labute approximate surface area is 198 Å². The van der Waals surface area contributed by atoms with Gasteiger partial charge in [-0.2, -0.15) is 5.10 Å². The summed E-state index contributed by atoms with van der Waals surface area (Å²) in [5, 5.41) is 7.25. The van der Waals surface area contributed by atoms with E-state index in [0.29, 0.717) is 22.2 Å². The number of rotatable bonds is 7. The minimum Gasteiger partial charge on any atom is -0.406 e. The summed E-state index contributed by atoms with van der Waals surface area (Å²) < 4.78 is 40.4. The third kappa shape index (κ3) is 8.31. The number of halogens is 3. The molecule has 3 rings (SSSR count). The number of thiocarbonyl (C=S) groups is 1. The van der Waals surface area contributed by atoms with Gasteiger partial charge in [-0.1, -0.05) is 30.3 Å². The Morgan fingerprint density at radius 3 is 2.41 bits per heavy atom. The van der Waals surface area contributed by atoms with Crippen LogP contribution in [0.2, 0.25) is 0 Å². The molecule has 1 heterocycles. The number of aromatic nitrogens is 1. The molecule has 174 valence electrons. The molecule has 0 aliphatic rings. The summed E-state index contributed by atoms with van der Waals surface area (Å²) in [5.41, 5.74) is 10.5. The quantitative estimate of drug-likeness (QED) is 0.199. The molecule has 0 amide bonds. The van der Waals surface area contributed by atoms with E-state index in [4.69, 9.17) is 18.0 Å². The van der Waals surface area contributed by atoms with Gasteiger partial charge in [0.1, 0.15) is 23.7 Å². The lowest BCUT2D eigenvalue weighted by molar-refractivity contribution is -0.274. The van der Waals surface area contributed by atoms with Gasteiger partial charge in [0.25, 0.3) is 0 Å². The number of benzene rings is 2. The SMILES string of the molecule is NC(=NC=Nc1ccc(OC(F)(F)F)cc1)c1ccc(/C=N\NC(=S)Nc2ccccn2)cc1. The number of pyridine rings is 1. The molecule has 0 bridgehead atoms. The van der Waals surface area contributed by atoms with Crippen LogP contribution < -0.4 is 21.2 Å². The van der Waals surface area contributed by atoms with Crippen molar-refractivity contribution in [2.45, 2.75) is 6.36 Å². The molecule has 0 saturated heterocycles.